The van der Waals surface area contributed by atoms with Crippen LogP contribution in [0.15, 0.2) is 170 Å². The van der Waals surface area contributed by atoms with E-state index in [1.165, 1.54) is 78.7 Å². The highest BCUT2D eigenvalue weighted by molar-refractivity contribution is 6.21. The molecule has 8 aromatic rings. The molecule has 0 heterocycles. The maximum Gasteiger partial charge on any atom is 0.337 e. The number of hydrogen-bond donors (Lipinski definition) is 0. The number of rotatable bonds is 5. The molecule has 8 rings (SSSR count). The first-order chi connectivity index (χ1) is 25.9. The van der Waals surface area contributed by atoms with Gasteiger partial charge in [0.2, 0.25) is 0 Å². The monoisotopic (exact) mass is 690 g/mol. The largest absolute Gasteiger partial charge is 0.465 e. The van der Waals surface area contributed by atoms with Gasteiger partial charge in [-0.15, -0.1) is 0 Å². The van der Waals surface area contributed by atoms with E-state index in [0.717, 1.165) is 11.1 Å². The van der Waals surface area contributed by atoms with E-state index in [9.17, 15) is 4.79 Å². The third-order valence-corrected chi connectivity index (χ3v) is 9.62. The van der Waals surface area contributed by atoms with Crippen LogP contribution in [0.2, 0.25) is 0 Å². The summed E-state index contributed by atoms with van der Waals surface area (Å²) in [6.07, 6.45) is 0. The van der Waals surface area contributed by atoms with Crippen LogP contribution in [0.25, 0.3) is 66.1 Å². The minimum absolute atomic E-state index is 0.332. The van der Waals surface area contributed by atoms with E-state index < -0.39 is 0 Å². The Bertz CT molecular complexity index is 2430. The Morgan fingerprint density at radius 2 is 0.887 bits per heavy atom. The number of esters is 1. The molecule has 0 aromatic heterocycles. The van der Waals surface area contributed by atoms with Crippen LogP contribution in [-0.4, -0.2) is 13.1 Å². The minimum Gasteiger partial charge on any atom is -0.465 e. The molecule has 0 aliphatic rings. The fraction of sp³-hybridized carbons (Fsp3) is 0.118. The Hall–Kier alpha value is -6.25. The summed E-state index contributed by atoms with van der Waals surface area (Å²) < 4.78 is 4.93. The Kier molecular flexibility index (Phi) is 11.6. The van der Waals surface area contributed by atoms with E-state index in [-0.39, 0.29) is 5.97 Å². The van der Waals surface area contributed by atoms with E-state index >= 15 is 0 Å². The lowest BCUT2D eigenvalue weighted by Gasteiger charge is -2.18. The molecule has 0 unspecified atom stereocenters. The van der Waals surface area contributed by atoms with Gasteiger partial charge in [0.25, 0.3) is 0 Å². The summed E-state index contributed by atoms with van der Waals surface area (Å²) >= 11 is 0. The molecule has 0 aliphatic heterocycles. The molecule has 0 saturated heterocycles. The van der Waals surface area contributed by atoms with Crippen LogP contribution >= 0.6 is 0 Å². The Balaban J connectivity index is 0.000000475. The molecule has 0 atom stereocenters. The van der Waals surface area contributed by atoms with Crippen molar-refractivity contribution in [1.82, 2.24) is 0 Å². The second-order valence-electron chi connectivity index (χ2n) is 13.0. The highest BCUT2D eigenvalue weighted by atomic mass is 16.5. The molecule has 0 radical (unpaired) electrons. The summed E-state index contributed by atoms with van der Waals surface area (Å²) in [6.45, 7) is 10.4. The van der Waals surface area contributed by atoms with Gasteiger partial charge in [-0.25, -0.2) is 4.79 Å². The minimum atomic E-state index is -0.332. The predicted molar refractivity (Wildman–Crippen MR) is 227 cm³/mol. The van der Waals surface area contributed by atoms with Gasteiger partial charge in [-0.2, -0.15) is 0 Å². The summed E-state index contributed by atoms with van der Waals surface area (Å²) in [5.41, 5.74) is 14.0. The van der Waals surface area contributed by atoms with Crippen molar-refractivity contribution >= 4 is 27.5 Å². The van der Waals surface area contributed by atoms with Crippen molar-refractivity contribution in [3.63, 3.8) is 0 Å². The number of ether oxygens (including phenoxy) is 1. The van der Waals surface area contributed by atoms with Crippen molar-refractivity contribution in [3.8, 4) is 44.5 Å². The molecule has 0 spiro atoms. The van der Waals surface area contributed by atoms with Crippen LogP contribution in [0, 0.1) is 20.8 Å². The van der Waals surface area contributed by atoms with Crippen LogP contribution in [-0.2, 0) is 4.74 Å². The zero-order valence-electron chi connectivity index (χ0n) is 31.5. The van der Waals surface area contributed by atoms with Crippen LogP contribution in [0.4, 0.5) is 0 Å². The summed E-state index contributed by atoms with van der Waals surface area (Å²) in [5.74, 6) is -0.332. The molecular formula is C51H46O2. The van der Waals surface area contributed by atoms with E-state index in [2.05, 4.69) is 148 Å². The number of hydrogen-bond acceptors (Lipinski definition) is 2. The summed E-state index contributed by atoms with van der Waals surface area (Å²) in [6, 6.07) is 59.6. The Labute approximate surface area is 314 Å². The molecule has 0 bridgehead atoms. The number of carbonyl (C=O) groups is 1. The fourth-order valence-electron chi connectivity index (χ4n) is 7.00. The van der Waals surface area contributed by atoms with Crippen molar-refractivity contribution in [3.05, 3.63) is 192 Å². The summed E-state index contributed by atoms with van der Waals surface area (Å²) in [7, 11) is 1.41. The van der Waals surface area contributed by atoms with Crippen molar-refractivity contribution in [2.45, 2.75) is 34.6 Å². The van der Waals surface area contributed by atoms with Crippen molar-refractivity contribution in [1.29, 1.82) is 0 Å². The second kappa shape index (κ2) is 16.8. The van der Waals surface area contributed by atoms with Gasteiger partial charge in [-0.05, 0) is 122 Å². The molecule has 0 aliphatic carbocycles. The normalized spacial score (nSPS) is 10.5. The molecule has 53 heavy (non-hydrogen) atoms. The quantitative estimate of drug-likeness (QED) is 0.133. The molecule has 8 aromatic carbocycles. The van der Waals surface area contributed by atoms with E-state index in [4.69, 9.17) is 4.74 Å². The average molecular weight is 691 g/mol. The van der Waals surface area contributed by atoms with Crippen molar-refractivity contribution in [2.75, 3.05) is 7.11 Å². The van der Waals surface area contributed by atoms with Crippen LogP contribution in [0.5, 0.6) is 0 Å². The van der Waals surface area contributed by atoms with E-state index in [0.29, 0.717) is 5.56 Å². The van der Waals surface area contributed by atoms with Gasteiger partial charge in [-0.3, -0.25) is 0 Å². The number of benzene rings is 8. The number of fused-ring (bicyclic) bond motifs is 2. The second-order valence-corrected chi connectivity index (χ2v) is 13.0. The number of carbonyl (C=O) groups excluding carboxylic acids is 1. The average Bonchev–Trinajstić information content (AvgIpc) is 3.21. The molecule has 0 amide bonds. The molecule has 0 N–H and O–H groups in total. The zero-order chi connectivity index (χ0) is 37.3. The van der Waals surface area contributed by atoms with Crippen molar-refractivity contribution < 1.29 is 9.53 Å². The van der Waals surface area contributed by atoms with Crippen LogP contribution < -0.4 is 0 Å². The molecule has 262 valence electrons. The van der Waals surface area contributed by atoms with Crippen LogP contribution in [0.3, 0.4) is 0 Å². The topological polar surface area (TPSA) is 26.3 Å². The van der Waals surface area contributed by atoms with Crippen molar-refractivity contribution in [2.24, 2.45) is 0 Å². The highest BCUT2D eigenvalue weighted by Crippen LogP contribution is 2.44. The van der Waals surface area contributed by atoms with Gasteiger partial charge in [0.05, 0.1) is 12.7 Å². The van der Waals surface area contributed by atoms with Gasteiger partial charge >= 0.3 is 5.97 Å². The lowest BCUT2D eigenvalue weighted by Crippen LogP contribution is -2.00. The van der Waals surface area contributed by atoms with Gasteiger partial charge in [0.15, 0.2) is 0 Å². The Morgan fingerprint density at radius 3 is 1.43 bits per heavy atom. The third-order valence-electron chi connectivity index (χ3n) is 9.62. The zero-order valence-corrected chi connectivity index (χ0v) is 31.5. The van der Waals surface area contributed by atoms with Gasteiger partial charge < -0.3 is 4.74 Å². The first kappa shape index (κ1) is 36.5. The lowest BCUT2D eigenvalue weighted by molar-refractivity contribution is 0.0600. The highest BCUT2D eigenvalue weighted by Gasteiger charge is 2.17. The number of aryl methyl sites for hydroxylation is 3. The Morgan fingerprint density at radius 1 is 0.415 bits per heavy atom. The molecular weight excluding hydrogens is 645 g/mol. The predicted octanol–water partition coefficient (Wildman–Crippen LogP) is 14.1. The fourth-order valence-corrected chi connectivity index (χ4v) is 7.00. The van der Waals surface area contributed by atoms with Crippen LogP contribution in [0.1, 0.15) is 40.9 Å². The third kappa shape index (κ3) is 7.83. The van der Waals surface area contributed by atoms with Gasteiger partial charge in [0, 0.05) is 0 Å². The van der Waals surface area contributed by atoms with Gasteiger partial charge in [0.1, 0.15) is 0 Å². The first-order valence-corrected chi connectivity index (χ1v) is 18.3. The maximum absolute atomic E-state index is 12.1. The van der Waals surface area contributed by atoms with Gasteiger partial charge in [-0.1, -0.05) is 165 Å². The molecule has 0 fully saturated rings. The lowest BCUT2D eigenvalue weighted by atomic mass is 9.85. The number of methoxy groups -OCH3 is 1. The standard InChI is InChI=1S/C42H32O2.C7H8.C2H6/c1-27-11-4-5-14-34(27)39-26-32(20-19-28(39)2)31-12-10-13-33(25-31)41-37-17-8-6-15-35(37)40(36-16-7-9-18-38(36)41)29-21-23-30(24-22-29)42(43)44-3;1-7-5-3-2-4-6-7;1-2/h4-26H,1-3H3;2-6H,1H3;1-2H3. The molecule has 2 nitrogen and oxygen atoms in total. The maximum atomic E-state index is 12.1. The molecule has 0 saturated carbocycles. The SMILES string of the molecule is CC.COC(=O)c1ccc(-c2c3ccccc3c(-c3cccc(-c4ccc(C)c(-c5ccccc5C)c4)c3)c3ccccc23)cc1.Cc1ccccc1. The first-order valence-electron chi connectivity index (χ1n) is 18.3. The van der Waals surface area contributed by atoms with E-state index in [1.807, 2.05) is 56.3 Å². The summed E-state index contributed by atoms with van der Waals surface area (Å²) in [5, 5.41) is 4.74. The molecule has 2 heteroatoms. The smallest absolute Gasteiger partial charge is 0.337 e. The van der Waals surface area contributed by atoms with E-state index in [1.54, 1.807) is 0 Å². The summed E-state index contributed by atoms with van der Waals surface area (Å²) in [4.78, 5) is 12.1.